The zero-order chi connectivity index (χ0) is 10.9. The highest BCUT2D eigenvalue weighted by atomic mass is 32.1. The highest BCUT2D eigenvalue weighted by Crippen LogP contribution is 2.39. The number of carbonyl (C=O) groups is 1. The molecule has 1 aromatic heterocycles. The molecule has 3 nitrogen and oxygen atoms in total. The van der Waals surface area contributed by atoms with Crippen LogP contribution in [0.15, 0.2) is 16.8 Å². The summed E-state index contributed by atoms with van der Waals surface area (Å²) >= 11 is 1.50. The molecule has 1 aliphatic carbocycles. The van der Waals surface area contributed by atoms with Gasteiger partial charge in [0.2, 0.25) is 0 Å². The predicted molar refractivity (Wildman–Crippen MR) is 60.0 cm³/mol. The van der Waals surface area contributed by atoms with Crippen LogP contribution >= 0.6 is 11.3 Å². The summed E-state index contributed by atoms with van der Waals surface area (Å²) in [5.41, 5.74) is 0.235. The Labute approximate surface area is 93.1 Å². The van der Waals surface area contributed by atoms with Crippen molar-refractivity contribution in [2.24, 2.45) is 5.92 Å². The standard InChI is InChI=1S/C11H15NO2S/c1-11(7-13,9-2-3-9)12-10(14)8-4-5-15-6-8/h4-6,9,13H,2-3,7H2,1H3,(H,12,14). The Morgan fingerprint density at radius 2 is 2.47 bits per heavy atom. The highest BCUT2D eigenvalue weighted by molar-refractivity contribution is 7.08. The van der Waals surface area contributed by atoms with E-state index in [1.165, 1.54) is 11.3 Å². The molecule has 1 heterocycles. The van der Waals surface area contributed by atoms with Crippen LogP contribution in [0.5, 0.6) is 0 Å². The van der Waals surface area contributed by atoms with E-state index in [1.807, 2.05) is 17.7 Å². The molecule has 1 aliphatic rings. The van der Waals surface area contributed by atoms with Gasteiger partial charge in [0.05, 0.1) is 17.7 Å². The molecule has 82 valence electrons. The molecular formula is C11H15NO2S. The van der Waals surface area contributed by atoms with Gasteiger partial charge in [-0.25, -0.2) is 0 Å². The van der Waals surface area contributed by atoms with Crippen LogP contribution in [-0.4, -0.2) is 23.2 Å². The first kappa shape index (κ1) is 10.6. The molecule has 0 aromatic carbocycles. The molecule has 1 atom stereocenters. The minimum Gasteiger partial charge on any atom is -0.394 e. The SMILES string of the molecule is CC(CO)(NC(=O)c1ccsc1)C1CC1. The van der Waals surface area contributed by atoms with Crippen molar-refractivity contribution in [2.45, 2.75) is 25.3 Å². The van der Waals surface area contributed by atoms with Crippen molar-refractivity contribution in [1.82, 2.24) is 5.32 Å². The van der Waals surface area contributed by atoms with Crippen LogP contribution in [-0.2, 0) is 0 Å². The third kappa shape index (κ3) is 2.21. The number of thiophene rings is 1. The molecule has 2 rings (SSSR count). The molecule has 1 fully saturated rings. The highest BCUT2D eigenvalue weighted by Gasteiger charge is 2.42. The molecule has 0 bridgehead atoms. The van der Waals surface area contributed by atoms with Crippen LogP contribution in [0.1, 0.15) is 30.1 Å². The summed E-state index contributed by atoms with van der Waals surface area (Å²) in [4.78, 5) is 11.8. The Bertz CT molecular complexity index is 345. The summed E-state index contributed by atoms with van der Waals surface area (Å²) < 4.78 is 0. The van der Waals surface area contributed by atoms with Crippen LogP contribution in [0.4, 0.5) is 0 Å². The summed E-state index contributed by atoms with van der Waals surface area (Å²) in [6.07, 6.45) is 2.20. The summed E-state index contributed by atoms with van der Waals surface area (Å²) in [6, 6.07) is 1.80. The van der Waals surface area contributed by atoms with Crippen molar-refractivity contribution < 1.29 is 9.90 Å². The van der Waals surface area contributed by atoms with Gasteiger partial charge in [0.15, 0.2) is 0 Å². The monoisotopic (exact) mass is 225 g/mol. The quantitative estimate of drug-likeness (QED) is 0.818. The summed E-state index contributed by atoms with van der Waals surface area (Å²) in [5, 5.41) is 16.0. The van der Waals surface area contributed by atoms with E-state index >= 15 is 0 Å². The van der Waals surface area contributed by atoms with Crippen molar-refractivity contribution in [3.8, 4) is 0 Å². The maximum Gasteiger partial charge on any atom is 0.252 e. The first-order valence-electron chi connectivity index (χ1n) is 5.11. The van der Waals surface area contributed by atoms with E-state index in [0.29, 0.717) is 11.5 Å². The second-order valence-electron chi connectivity index (χ2n) is 4.32. The molecule has 1 saturated carbocycles. The van der Waals surface area contributed by atoms with Gasteiger partial charge < -0.3 is 10.4 Å². The van der Waals surface area contributed by atoms with Crippen molar-refractivity contribution in [2.75, 3.05) is 6.61 Å². The predicted octanol–water partition coefficient (Wildman–Crippen LogP) is 1.64. The lowest BCUT2D eigenvalue weighted by Crippen LogP contribution is -2.50. The maximum absolute atomic E-state index is 11.8. The molecule has 4 heteroatoms. The zero-order valence-electron chi connectivity index (χ0n) is 8.69. The van der Waals surface area contributed by atoms with E-state index < -0.39 is 5.54 Å². The molecule has 1 aromatic rings. The topological polar surface area (TPSA) is 49.3 Å². The third-order valence-electron chi connectivity index (χ3n) is 2.99. The zero-order valence-corrected chi connectivity index (χ0v) is 9.51. The number of rotatable bonds is 4. The molecule has 0 aliphatic heterocycles. The van der Waals surface area contributed by atoms with Gasteiger partial charge in [0.1, 0.15) is 0 Å². The second kappa shape index (κ2) is 3.94. The average molecular weight is 225 g/mol. The van der Waals surface area contributed by atoms with E-state index in [-0.39, 0.29) is 12.5 Å². The first-order valence-corrected chi connectivity index (χ1v) is 6.05. The van der Waals surface area contributed by atoms with Gasteiger partial charge in [-0.2, -0.15) is 11.3 Å². The molecule has 2 N–H and O–H groups in total. The fourth-order valence-corrected chi connectivity index (χ4v) is 2.35. The first-order chi connectivity index (χ1) is 7.15. The average Bonchev–Trinajstić information content (AvgIpc) is 2.94. The lowest BCUT2D eigenvalue weighted by Gasteiger charge is -2.28. The van der Waals surface area contributed by atoms with Gasteiger partial charge in [-0.05, 0) is 37.1 Å². The molecule has 0 spiro atoms. The Morgan fingerprint density at radius 3 is 2.93 bits per heavy atom. The van der Waals surface area contributed by atoms with Crippen LogP contribution in [0.25, 0.3) is 0 Å². The van der Waals surface area contributed by atoms with Gasteiger partial charge >= 0.3 is 0 Å². The van der Waals surface area contributed by atoms with Gasteiger partial charge in [0.25, 0.3) is 5.91 Å². The number of hydrogen-bond acceptors (Lipinski definition) is 3. The lowest BCUT2D eigenvalue weighted by atomic mass is 9.96. The summed E-state index contributed by atoms with van der Waals surface area (Å²) in [6.45, 7) is 1.92. The second-order valence-corrected chi connectivity index (χ2v) is 5.10. The van der Waals surface area contributed by atoms with E-state index in [1.54, 1.807) is 6.07 Å². The minimum atomic E-state index is -0.445. The van der Waals surface area contributed by atoms with Crippen LogP contribution in [0.2, 0.25) is 0 Å². The lowest BCUT2D eigenvalue weighted by molar-refractivity contribution is 0.0825. The molecule has 0 radical (unpaired) electrons. The molecule has 0 saturated heterocycles. The van der Waals surface area contributed by atoms with Crippen molar-refractivity contribution in [1.29, 1.82) is 0 Å². The number of carbonyl (C=O) groups excluding carboxylic acids is 1. The van der Waals surface area contributed by atoms with Crippen molar-refractivity contribution in [3.05, 3.63) is 22.4 Å². The van der Waals surface area contributed by atoms with Gasteiger partial charge in [-0.3, -0.25) is 4.79 Å². The fourth-order valence-electron chi connectivity index (χ4n) is 1.72. The van der Waals surface area contributed by atoms with Crippen LogP contribution < -0.4 is 5.32 Å². The Morgan fingerprint density at radius 1 is 1.73 bits per heavy atom. The van der Waals surface area contributed by atoms with Crippen LogP contribution in [0.3, 0.4) is 0 Å². The van der Waals surface area contributed by atoms with E-state index in [0.717, 1.165) is 12.8 Å². The van der Waals surface area contributed by atoms with Gasteiger partial charge in [-0.15, -0.1) is 0 Å². The Kier molecular flexibility index (Phi) is 2.80. The number of aliphatic hydroxyl groups is 1. The summed E-state index contributed by atoms with van der Waals surface area (Å²) in [7, 11) is 0. The third-order valence-corrected chi connectivity index (χ3v) is 3.67. The maximum atomic E-state index is 11.8. The molecular weight excluding hydrogens is 210 g/mol. The molecule has 1 amide bonds. The van der Waals surface area contributed by atoms with E-state index in [2.05, 4.69) is 5.32 Å². The summed E-state index contributed by atoms with van der Waals surface area (Å²) in [5.74, 6) is 0.352. The van der Waals surface area contributed by atoms with Crippen LogP contribution in [0, 0.1) is 5.92 Å². The minimum absolute atomic E-state index is 0.00748. The molecule has 15 heavy (non-hydrogen) atoms. The number of nitrogens with one attached hydrogen (secondary N) is 1. The van der Waals surface area contributed by atoms with E-state index in [4.69, 9.17) is 0 Å². The smallest absolute Gasteiger partial charge is 0.252 e. The number of amides is 1. The van der Waals surface area contributed by atoms with Gasteiger partial charge in [-0.1, -0.05) is 0 Å². The van der Waals surface area contributed by atoms with Crippen molar-refractivity contribution >= 4 is 17.2 Å². The normalized spacial score (nSPS) is 19.6. The number of hydrogen-bond donors (Lipinski definition) is 2. The van der Waals surface area contributed by atoms with Crippen molar-refractivity contribution in [3.63, 3.8) is 0 Å². The van der Waals surface area contributed by atoms with E-state index in [9.17, 15) is 9.90 Å². The largest absolute Gasteiger partial charge is 0.394 e. The number of aliphatic hydroxyl groups excluding tert-OH is 1. The Balaban J connectivity index is 2.04. The molecule has 1 unspecified atom stereocenters. The van der Waals surface area contributed by atoms with Gasteiger partial charge in [0, 0.05) is 5.38 Å². The Hall–Kier alpha value is -0.870. The fraction of sp³-hybridized carbons (Fsp3) is 0.545.